The van der Waals surface area contributed by atoms with Gasteiger partial charge in [-0.2, -0.15) is 5.10 Å². The fraction of sp³-hybridized carbons (Fsp3) is 0.357. The fourth-order valence-corrected chi connectivity index (χ4v) is 2.18. The van der Waals surface area contributed by atoms with Crippen molar-refractivity contribution in [2.75, 3.05) is 0 Å². The Labute approximate surface area is 102 Å². The van der Waals surface area contributed by atoms with Crippen LogP contribution in [0.5, 0.6) is 0 Å². The molecule has 3 nitrogen and oxygen atoms in total. The highest BCUT2D eigenvalue weighted by atomic mass is 15.3. The van der Waals surface area contributed by atoms with E-state index in [0.29, 0.717) is 6.54 Å². The summed E-state index contributed by atoms with van der Waals surface area (Å²) in [6.45, 7) is 6.92. The number of nitrogens with zero attached hydrogens (tertiary/aromatic N) is 2. The Hall–Kier alpha value is -1.61. The van der Waals surface area contributed by atoms with E-state index in [1.807, 2.05) is 17.9 Å². The van der Waals surface area contributed by atoms with Gasteiger partial charge in [-0.1, -0.05) is 12.1 Å². The molecule has 90 valence electrons. The fourth-order valence-electron chi connectivity index (χ4n) is 2.18. The van der Waals surface area contributed by atoms with Crippen LogP contribution in [-0.2, 0) is 13.6 Å². The molecule has 0 saturated carbocycles. The van der Waals surface area contributed by atoms with Crippen molar-refractivity contribution < 1.29 is 0 Å². The van der Waals surface area contributed by atoms with Gasteiger partial charge in [0.1, 0.15) is 0 Å². The smallest absolute Gasteiger partial charge is 0.0595 e. The zero-order chi connectivity index (χ0) is 12.6. The minimum atomic E-state index is 0.512. The molecule has 1 heterocycles. The summed E-state index contributed by atoms with van der Waals surface area (Å²) < 4.78 is 1.85. The third kappa shape index (κ3) is 1.98. The molecule has 0 aliphatic rings. The standard InChI is InChI=1S/C14H19N3/c1-9-5-11(3)12(6-10(9)2)13-8-16-17(4)14(13)7-15/h5-6,8H,7,15H2,1-4H3. The number of benzene rings is 1. The summed E-state index contributed by atoms with van der Waals surface area (Å²) in [5.41, 5.74) is 13.2. The summed E-state index contributed by atoms with van der Waals surface area (Å²) in [6.07, 6.45) is 1.90. The highest BCUT2D eigenvalue weighted by Crippen LogP contribution is 2.28. The molecule has 0 aliphatic carbocycles. The molecule has 3 heteroatoms. The molecule has 2 N–H and O–H groups in total. The molecule has 0 saturated heterocycles. The molecule has 2 rings (SSSR count). The van der Waals surface area contributed by atoms with Crippen LogP contribution >= 0.6 is 0 Å². The highest BCUT2D eigenvalue weighted by molar-refractivity contribution is 5.70. The van der Waals surface area contributed by atoms with E-state index in [9.17, 15) is 0 Å². The maximum atomic E-state index is 5.79. The summed E-state index contributed by atoms with van der Waals surface area (Å²) >= 11 is 0. The van der Waals surface area contributed by atoms with Crippen LogP contribution in [0.25, 0.3) is 11.1 Å². The summed E-state index contributed by atoms with van der Waals surface area (Å²) in [5, 5.41) is 4.29. The third-order valence-corrected chi connectivity index (χ3v) is 3.39. The van der Waals surface area contributed by atoms with Gasteiger partial charge in [-0.15, -0.1) is 0 Å². The van der Waals surface area contributed by atoms with Crippen molar-refractivity contribution in [2.45, 2.75) is 27.3 Å². The first-order valence-electron chi connectivity index (χ1n) is 5.83. The van der Waals surface area contributed by atoms with E-state index in [4.69, 9.17) is 5.73 Å². The molecule has 0 spiro atoms. The topological polar surface area (TPSA) is 43.8 Å². The summed E-state index contributed by atoms with van der Waals surface area (Å²) in [6, 6.07) is 4.44. The van der Waals surface area contributed by atoms with E-state index in [0.717, 1.165) is 11.3 Å². The number of aromatic nitrogens is 2. The first-order valence-corrected chi connectivity index (χ1v) is 5.83. The van der Waals surface area contributed by atoms with E-state index in [2.05, 4.69) is 38.0 Å². The van der Waals surface area contributed by atoms with Gasteiger partial charge in [0.2, 0.25) is 0 Å². The summed E-state index contributed by atoms with van der Waals surface area (Å²) in [4.78, 5) is 0. The van der Waals surface area contributed by atoms with Crippen LogP contribution in [0.1, 0.15) is 22.4 Å². The Balaban J connectivity index is 2.64. The van der Waals surface area contributed by atoms with Gasteiger partial charge in [0.15, 0.2) is 0 Å². The van der Waals surface area contributed by atoms with Crippen molar-refractivity contribution in [3.8, 4) is 11.1 Å². The van der Waals surface area contributed by atoms with Gasteiger partial charge < -0.3 is 5.73 Å². The number of hydrogen-bond acceptors (Lipinski definition) is 2. The van der Waals surface area contributed by atoms with Crippen LogP contribution in [0.4, 0.5) is 0 Å². The van der Waals surface area contributed by atoms with Crippen molar-refractivity contribution in [1.82, 2.24) is 9.78 Å². The zero-order valence-corrected chi connectivity index (χ0v) is 10.9. The van der Waals surface area contributed by atoms with Gasteiger partial charge in [0, 0.05) is 19.2 Å². The van der Waals surface area contributed by atoms with E-state index in [1.165, 1.54) is 22.3 Å². The molecular weight excluding hydrogens is 210 g/mol. The van der Waals surface area contributed by atoms with E-state index in [1.54, 1.807) is 0 Å². The molecule has 0 atom stereocenters. The molecule has 0 fully saturated rings. The van der Waals surface area contributed by atoms with Crippen molar-refractivity contribution in [3.63, 3.8) is 0 Å². The lowest BCUT2D eigenvalue weighted by atomic mass is 9.96. The highest BCUT2D eigenvalue weighted by Gasteiger charge is 2.12. The van der Waals surface area contributed by atoms with Crippen LogP contribution in [0.15, 0.2) is 18.3 Å². The normalized spacial score (nSPS) is 10.9. The van der Waals surface area contributed by atoms with Crippen LogP contribution in [-0.4, -0.2) is 9.78 Å². The van der Waals surface area contributed by atoms with E-state index in [-0.39, 0.29) is 0 Å². The minimum absolute atomic E-state index is 0.512. The predicted octanol–water partition coefficient (Wildman–Crippen LogP) is 2.47. The third-order valence-electron chi connectivity index (χ3n) is 3.39. The molecule has 17 heavy (non-hydrogen) atoms. The molecular formula is C14H19N3. The lowest BCUT2D eigenvalue weighted by molar-refractivity contribution is 0.712. The van der Waals surface area contributed by atoms with Gasteiger partial charge in [0.05, 0.1) is 11.9 Å². The number of aryl methyl sites for hydroxylation is 4. The first kappa shape index (κ1) is 11.9. The van der Waals surface area contributed by atoms with Gasteiger partial charge >= 0.3 is 0 Å². The van der Waals surface area contributed by atoms with Gasteiger partial charge in [-0.3, -0.25) is 4.68 Å². The Morgan fingerprint density at radius 2 is 1.71 bits per heavy atom. The second kappa shape index (κ2) is 4.34. The van der Waals surface area contributed by atoms with Crippen molar-refractivity contribution >= 4 is 0 Å². The molecule has 0 unspecified atom stereocenters. The van der Waals surface area contributed by atoms with Crippen LogP contribution < -0.4 is 5.73 Å². The maximum Gasteiger partial charge on any atom is 0.0595 e. The summed E-state index contributed by atoms with van der Waals surface area (Å²) in [5.74, 6) is 0. The average molecular weight is 229 g/mol. The lowest BCUT2D eigenvalue weighted by Crippen LogP contribution is -2.05. The van der Waals surface area contributed by atoms with Crippen LogP contribution in [0.3, 0.4) is 0 Å². The maximum absolute atomic E-state index is 5.79. The number of hydrogen-bond donors (Lipinski definition) is 1. The predicted molar refractivity (Wildman–Crippen MR) is 70.7 cm³/mol. The van der Waals surface area contributed by atoms with Crippen molar-refractivity contribution in [2.24, 2.45) is 12.8 Å². The zero-order valence-electron chi connectivity index (χ0n) is 10.9. The Bertz CT molecular complexity index is 553. The van der Waals surface area contributed by atoms with Crippen LogP contribution in [0, 0.1) is 20.8 Å². The van der Waals surface area contributed by atoms with Crippen molar-refractivity contribution in [3.05, 3.63) is 40.7 Å². The number of nitrogens with two attached hydrogens (primary N) is 1. The average Bonchev–Trinajstić information content (AvgIpc) is 2.64. The Kier molecular flexibility index (Phi) is 3.03. The molecule has 2 aromatic rings. The number of rotatable bonds is 2. The molecule has 0 radical (unpaired) electrons. The molecule has 0 aliphatic heterocycles. The molecule has 0 bridgehead atoms. The van der Waals surface area contributed by atoms with Crippen LogP contribution in [0.2, 0.25) is 0 Å². The SMILES string of the molecule is Cc1cc(C)c(-c2cnn(C)c2CN)cc1C. The minimum Gasteiger partial charge on any atom is -0.325 e. The summed E-state index contributed by atoms with van der Waals surface area (Å²) in [7, 11) is 1.93. The van der Waals surface area contributed by atoms with Gasteiger partial charge in [-0.05, 0) is 43.0 Å². The van der Waals surface area contributed by atoms with Gasteiger partial charge in [0.25, 0.3) is 0 Å². The van der Waals surface area contributed by atoms with E-state index < -0.39 is 0 Å². The lowest BCUT2D eigenvalue weighted by Gasteiger charge is -2.10. The van der Waals surface area contributed by atoms with E-state index >= 15 is 0 Å². The molecule has 1 aromatic carbocycles. The Morgan fingerprint density at radius 3 is 2.35 bits per heavy atom. The second-order valence-electron chi connectivity index (χ2n) is 4.58. The molecule has 1 aromatic heterocycles. The monoisotopic (exact) mass is 229 g/mol. The van der Waals surface area contributed by atoms with Crippen molar-refractivity contribution in [1.29, 1.82) is 0 Å². The molecule has 0 amide bonds. The largest absolute Gasteiger partial charge is 0.325 e. The first-order chi connectivity index (χ1) is 8.04. The van der Waals surface area contributed by atoms with Gasteiger partial charge in [-0.25, -0.2) is 0 Å². The second-order valence-corrected chi connectivity index (χ2v) is 4.58. The Morgan fingerprint density at radius 1 is 1.06 bits per heavy atom. The quantitative estimate of drug-likeness (QED) is 0.859.